The monoisotopic (exact) mass is 572 g/mol. The summed E-state index contributed by atoms with van der Waals surface area (Å²) in [6, 6.07) is 11.3. The number of carbonyl (C=O) groups is 2. The van der Waals surface area contributed by atoms with Crippen LogP contribution in [-0.2, 0) is 16.6 Å². The van der Waals surface area contributed by atoms with Gasteiger partial charge in [-0.3, -0.25) is 14.5 Å². The summed E-state index contributed by atoms with van der Waals surface area (Å²) in [6.07, 6.45) is 7.59. The second-order valence-electron chi connectivity index (χ2n) is 12.8. The smallest absolute Gasteiger partial charge is 0.223 e. The number of nitrogens with zero attached hydrogens (tertiary/aromatic N) is 2. The maximum Gasteiger partial charge on any atom is 0.223 e. The molecule has 2 heterocycles. The molecule has 1 saturated carbocycles. The average molecular weight is 573 g/mol. The third kappa shape index (κ3) is 4.52. The van der Waals surface area contributed by atoms with Crippen LogP contribution in [0.25, 0.3) is 0 Å². The van der Waals surface area contributed by atoms with Gasteiger partial charge < -0.3 is 19.5 Å². The molecule has 4 aliphatic rings. The molecule has 0 unspecified atom stereocenters. The van der Waals surface area contributed by atoms with Crippen molar-refractivity contribution < 1.29 is 24.2 Å². The van der Waals surface area contributed by atoms with Gasteiger partial charge in [-0.2, -0.15) is 0 Å². The maximum atomic E-state index is 13.9. The van der Waals surface area contributed by atoms with Crippen LogP contribution in [0.2, 0.25) is 0 Å². The minimum Gasteiger partial charge on any atom is -0.508 e. The highest BCUT2D eigenvalue weighted by Crippen LogP contribution is 2.65. The van der Waals surface area contributed by atoms with E-state index in [1.807, 2.05) is 36.4 Å². The summed E-state index contributed by atoms with van der Waals surface area (Å²) in [7, 11) is 1.63. The summed E-state index contributed by atoms with van der Waals surface area (Å²) in [4.78, 5) is 31.1. The predicted octanol–water partition coefficient (Wildman–Crippen LogP) is 5.67. The van der Waals surface area contributed by atoms with Crippen LogP contribution >= 0.6 is 0 Å². The molecule has 1 amide bonds. The molecule has 2 bridgehead atoms. The van der Waals surface area contributed by atoms with E-state index < -0.39 is 0 Å². The third-order valence-corrected chi connectivity index (χ3v) is 10.4. The molecule has 0 radical (unpaired) electrons. The van der Waals surface area contributed by atoms with Crippen molar-refractivity contribution in [3.63, 3.8) is 0 Å². The number of methoxy groups -OCH3 is 1. The van der Waals surface area contributed by atoms with Gasteiger partial charge in [0.1, 0.15) is 11.9 Å². The van der Waals surface area contributed by atoms with Crippen LogP contribution in [-0.4, -0.2) is 71.0 Å². The lowest BCUT2D eigenvalue weighted by atomic mass is 9.50. The van der Waals surface area contributed by atoms with Crippen LogP contribution < -0.4 is 9.47 Å². The topological polar surface area (TPSA) is 79.3 Å². The SMILES string of the molecule is C=CCN1CC[C@]23c4c5c(O)cc(OC)c4O[C@H]2[C@@H](N(C(=O)CCCCC(=O)c2ccccc2)C(C)C)CC[C@H]3[C@H]1C5. The number of piperidine rings is 1. The number of rotatable bonds is 11. The lowest BCUT2D eigenvalue weighted by Gasteiger charge is -2.60. The number of amides is 1. The number of ketones is 1. The standard InChI is InChI=1S/C35H44N2O5/c1-5-18-36-19-17-35-25-15-16-26(34(35)42-33-30(41-4)21-29(39)24(32(33)35)20-27(25)36)37(22(2)3)31(40)14-10-9-13-28(38)23-11-7-6-8-12-23/h5-8,11-12,21-22,25-27,34,39H,1,9-10,13-20H2,2-4H3/t25-,26-,27+,34-,35-/m0/s1. The van der Waals surface area contributed by atoms with Crippen molar-refractivity contribution in [1.82, 2.24) is 9.80 Å². The first-order valence-corrected chi connectivity index (χ1v) is 15.7. The lowest BCUT2D eigenvalue weighted by Crippen LogP contribution is -2.69. The summed E-state index contributed by atoms with van der Waals surface area (Å²) in [5.41, 5.74) is 2.57. The molecular weight excluding hydrogens is 528 g/mol. The van der Waals surface area contributed by atoms with Gasteiger partial charge in [0.15, 0.2) is 17.3 Å². The van der Waals surface area contributed by atoms with E-state index in [0.29, 0.717) is 43.4 Å². The lowest BCUT2D eigenvalue weighted by molar-refractivity contribution is -0.145. The number of hydrogen-bond acceptors (Lipinski definition) is 6. The Morgan fingerprint density at radius 1 is 1.21 bits per heavy atom. The van der Waals surface area contributed by atoms with E-state index in [0.717, 1.165) is 61.2 Å². The molecule has 7 heteroatoms. The largest absolute Gasteiger partial charge is 0.508 e. The van der Waals surface area contributed by atoms with Crippen LogP contribution in [0.4, 0.5) is 0 Å². The maximum absolute atomic E-state index is 13.9. The minimum atomic E-state index is -0.268. The third-order valence-electron chi connectivity index (χ3n) is 10.4. The van der Waals surface area contributed by atoms with Gasteiger partial charge in [-0.25, -0.2) is 0 Å². The number of phenolic OH excluding ortho intramolecular Hbond substituents is 1. The Morgan fingerprint density at radius 3 is 2.69 bits per heavy atom. The van der Waals surface area contributed by atoms with Gasteiger partial charge in [0, 0.05) is 59.6 Å². The van der Waals surface area contributed by atoms with E-state index in [1.54, 1.807) is 13.2 Å². The van der Waals surface area contributed by atoms with Crippen LogP contribution in [0, 0.1) is 5.92 Å². The van der Waals surface area contributed by atoms with Crippen molar-refractivity contribution in [2.24, 2.45) is 5.92 Å². The zero-order valence-electron chi connectivity index (χ0n) is 25.2. The van der Waals surface area contributed by atoms with Gasteiger partial charge in [-0.15, -0.1) is 6.58 Å². The molecule has 2 aromatic carbocycles. The summed E-state index contributed by atoms with van der Waals surface area (Å²) in [5, 5.41) is 11.2. The first-order chi connectivity index (χ1) is 20.3. The molecule has 0 aromatic heterocycles. The molecule has 2 aliphatic carbocycles. The zero-order valence-corrected chi connectivity index (χ0v) is 25.2. The Labute approximate surface area is 249 Å². The molecule has 224 valence electrons. The fourth-order valence-corrected chi connectivity index (χ4v) is 8.79. The van der Waals surface area contributed by atoms with Crippen LogP contribution in [0.15, 0.2) is 49.1 Å². The average Bonchev–Trinajstić information content (AvgIpc) is 3.33. The number of unbranched alkanes of at least 4 members (excludes halogenated alkanes) is 1. The Hall–Kier alpha value is -3.32. The number of ether oxygens (including phenoxy) is 2. The van der Waals surface area contributed by atoms with Gasteiger partial charge >= 0.3 is 0 Å². The molecular formula is C35H44N2O5. The first kappa shape index (κ1) is 28.8. The van der Waals surface area contributed by atoms with E-state index in [4.69, 9.17) is 9.47 Å². The highest BCUT2D eigenvalue weighted by atomic mass is 16.5. The number of hydrogen-bond donors (Lipinski definition) is 1. The molecule has 2 aliphatic heterocycles. The van der Waals surface area contributed by atoms with Gasteiger partial charge in [-0.05, 0) is 64.8 Å². The molecule has 1 saturated heterocycles. The Kier molecular flexibility index (Phi) is 7.81. The molecule has 5 atom stereocenters. The Bertz CT molecular complexity index is 1360. The van der Waals surface area contributed by atoms with E-state index in [2.05, 4.69) is 30.2 Å². The van der Waals surface area contributed by atoms with Crippen molar-refractivity contribution >= 4 is 11.7 Å². The quantitative estimate of drug-likeness (QED) is 0.212. The molecule has 1 spiro atoms. The number of carbonyl (C=O) groups excluding carboxylic acids is 2. The molecule has 2 aromatic rings. The molecule has 1 N–H and O–H groups in total. The van der Waals surface area contributed by atoms with Gasteiger partial charge in [0.2, 0.25) is 5.91 Å². The van der Waals surface area contributed by atoms with E-state index >= 15 is 0 Å². The highest BCUT2D eigenvalue weighted by molar-refractivity contribution is 5.96. The van der Waals surface area contributed by atoms with Gasteiger partial charge in [0.05, 0.1) is 13.2 Å². The van der Waals surface area contributed by atoms with Crippen molar-refractivity contribution in [3.05, 3.63) is 65.7 Å². The second-order valence-corrected chi connectivity index (χ2v) is 12.8. The fraction of sp³-hybridized carbons (Fsp3) is 0.543. The van der Waals surface area contributed by atoms with E-state index in [-0.39, 0.29) is 41.0 Å². The summed E-state index contributed by atoms with van der Waals surface area (Å²) in [6.45, 7) is 9.96. The van der Waals surface area contributed by atoms with Crippen LogP contribution in [0.5, 0.6) is 17.2 Å². The van der Waals surface area contributed by atoms with Crippen molar-refractivity contribution in [3.8, 4) is 17.2 Å². The Morgan fingerprint density at radius 2 is 1.98 bits per heavy atom. The number of benzene rings is 2. The van der Waals surface area contributed by atoms with Gasteiger partial charge in [0.25, 0.3) is 0 Å². The first-order valence-electron chi connectivity index (χ1n) is 15.7. The Balaban J connectivity index is 1.26. The summed E-state index contributed by atoms with van der Waals surface area (Å²) in [5.74, 6) is 2.25. The summed E-state index contributed by atoms with van der Waals surface area (Å²) < 4.78 is 12.7. The van der Waals surface area contributed by atoms with Crippen molar-refractivity contribution in [2.45, 2.75) is 94.9 Å². The predicted molar refractivity (Wildman–Crippen MR) is 162 cm³/mol. The second kappa shape index (κ2) is 11.4. The number of likely N-dealkylation sites (tertiary alicyclic amines) is 1. The van der Waals surface area contributed by atoms with E-state index in [9.17, 15) is 14.7 Å². The highest BCUT2D eigenvalue weighted by Gasteiger charge is 2.67. The summed E-state index contributed by atoms with van der Waals surface area (Å²) >= 11 is 0. The number of Topliss-reactive ketones (excluding diaryl/α,β-unsaturated/α-hetero) is 1. The molecule has 42 heavy (non-hydrogen) atoms. The fourth-order valence-electron chi connectivity index (χ4n) is 8.79. The van der Waals surface area contributed by atoms with Crippen LogP contribution in [0.3, 0.4) is 0 Å². The van der Waals surface area contributed by atoms with Crippen LogP contribution in [0.1, 0.15) is 80.3 Å². The van der Waals surface area contributed by atoms with Crippen molar-refractivity contribution in [1.29, 1.82) is 0 Å². The molecule has 2 fully saturated rings. The normalized spacial score (nSPS) is 27.2. The van der Waals surface area contributed by atoms with E-state index in [1.165, 1.54) is 0 Å². The molecule has 6 rings (SSSR count). The minimum absolute atomic E-state index is 0.0173. The zero-order chi connectivity index (χ0) is 29.6. The molecule has 7 nitrogen and oxygen atoms in total. The number of aromatic hydroxyl groups is 1. The van der Waals surface area contributed by atoms with Gasteiger partial charge in [-0.1, -0.05) is 36.4 Å². The number of phenols is 1. The van der Waals surface area contributed by atoms with Crippen molar-refractivity contribution in [2.75, 3.05) is 20.2 Å².